The molecule has 2 aromatic carbocycles. The summed E-state index contributed by atoms with van der Waals surface area (Å²) in [4.78, 5) is 32.6. The number of fused-ring (bicyclic) bond motifs is 1. The normalized spacial score (nSPS) is 13.9. The number of carbonyl (C=O) groups is 1. The number of hydrogen-bond donors (Lipinski definition) is 2. The minimum Gasteiger partial charge on any atom is -0.497 e. The third-order valence-electron chi connectivity index (χ3n) is 5.76. The fourth-order valence-corrected chi connectivity index (χ4v) is 3.94. The number of methoxy groups -OCH3 is 1. The standard InChI is InChI=1S/C24H27FN4O3/c1-32-21-8-9-22-17(15-21)14-18(23(30)27-22)16-29(13-12-28-10-2-3-11-28)24(31)26-20-6-4-19(25)5-7-20/h4-9,14-15H,2-3,10-13,16H2,1H3,(H,26,31)(H,27,30). The topological polar surface area (TPSA) is 77.7 Å². The lowest BCUT2D eigenvalue weighted by atomic mass is 10.1. The van der Waals surface area contributed by atoms with Gasteiger partial charge in [-0.25, -0.2) is 9.18 Å². The molecule has 2 N–H and O–H groups in total. The van der Waals surface area contributed by atoms with Crippen molar-refractivity contribution in [2.75, 3.05) is 38.6 Å². The maximum Gasteiger partial charge on any atom is 0.322 e. The molecule has 0 saturated carbocycles. The van der Waals surface area contributed by atoms with Gasteiger partial charge in [0.25, 0.3) is 5.56 Å². The molecule has 0 unspecified atom stereocenters. The van der Waals surface area contributed by atoms with Crippen LogP contribution in [-0.2, 0) is 6.54 Å². The Bertz CT molecular complexity index is 1140. The molecule has 2 amide bonds. The van der Waals surface area contributed by atoms with Gasteiger partial charge in [0.05, 0.1) is 13.7 Å². The van der Waals surface area contributed by atoms with Crippen LogP contribution in [0.4, 0.5) is 14.9 Å². The highest BCUT2D eigenvalue weighted by atomic mass is 19.1. The molecule has 0 spiro atoms. The number of amides is 2. The second-order valence-electron chi connectivity index (χ2n) is 7.98. The van der Waals surface area contributed by atoms with Crippen LogP contribution in [-0.4, -0.2) is 54.1 Å². The van der Waals surface area contributed by atoms with E-state index in [9.17, 15) is 14.0 Å². The fourth-order valence-electron chi connectivity index (χ4n) is 3.94. The van der Waals surface area contributed by atoms with Crippen molar-refractivity contribution in [2.45, 2.75) is 19.4 Å². The Balaban J connectivity index is 1.56. The molecule has 4 rings (SSSR count). The minimum absolute atomic E-state index is 0.156. The molecular weight excluding hydrogens is 411 g/mol. The number of aromatic amines is 1. The molecule has 0 radical (unpaired) electrons. The van der Waals surface area contributed by atoms with E-state index in [1.165, 1.54) is 24.3 Å². The van der Waals surface area contributed by atoms with Gasteiger partial charge in [-0.3, -0.25) is 4.79 Å². The Morgan fingerprint density at radius 2 is 1.91 bits per heavy atom. The second-order valence-corrected chi connectivity index (χ2v) is 7.98. The highest BCUT2D eigenvalue weighted by Gasteiger charge is 2.19. The zero-order valence-electron chi connectivity index (χ0n) is 18.1. The quantitative estimate of drug-likeness (QED) is 0.588. The van der Waals surface area contributed by atoms with Crippen molar-refractivity contribution in [3.63, 3.8) is 0 Å². The number of aromatic nitrogens is 1. The van der Waals surface area contributed by atoms with Gasteiger partial charge in [0, 0.05) is 35.2 Å². The summed E-state index contributed by atoms with van der Waals surface area (Å²) in [7, 11) is 1.59. The van der Waals surface area contributed by atoms with Crippen LogP contribution in [0.15, 0.2) is 53.3 Å². The fraction of sp³-hybridized carbons (Fsp3) is 0.333. The Kier molecular flexibility index (Phi) is 6.70. The number of rotatable bonds is 7. The summed E-state index contributed by atoms with van der Waals surface area (Å²) in [6, 6.07) is 12.5. The Labute approximate surface area is 185 Å². The maximum atomic E-state index is 13.2. The number of nitrogens with zero attached hydrogens (tertiary/aromatic N) is 2. The van der Waals surface area contributed by atoms with Crippen molar-refractivity contribution in [3.8, 4) is 5.75 Å². The molecule has 1 aliphatic heterocycles. The van der Waals surface area contributed by atoms with E-state index in [0.29, 0.717) is 29.1 Å². The summed E-state index contributed by atoms with van der Waals surface area (Å²) in [6.07, 6.45) is 2.32. The number of carbonyl (C=O) groups excluding carboxylic acids is 1. The molecule has 1 saturated heterocycles. The van der Waals surface area contributed by atoms with Crippen LogP contribution in [0.2, 0.25) is 0 Å². The number of ether oxygens (including phenoxy) is 1. The molecular formula is C24H27FN4O3. The molecule has 0 bridgehead atoms. The van der Waals surface area contributed by atoms with Gasteiger partial charge in [-0.2, -0.15) is 0 Å². The zero-order chi connectivity index (χ0) is 22.5. The molecule has 32 heavy (non-hydrogen) atoms. The lowest BCUT2D eigenvalue weighted by Gasteiger charge is -2.26. The average Bonchev–Trinajstić information content (AvgIpc) is 3.31. The van der Waals surface area contributed by atoms with Gasteiger partial charge in [0.2, 0.25) is 0 Å². The average molecular weight is 439 g/mol. The third-order valence-corrected chi connectivity index (χ3v) is 5.76. The molecule has 1 aliphatic rings. The van der Waals surface area contributed by atoms with E-state index in [0.717, 1.165) is 37.9 Å². The molecule has 2 heterocycles. The lowest BCUT2D eigenvalue weighted by molar-refractivity contribution is 0.197. The maximum absolute atomic E-state index is 13.2. The van der Waals surface area contributed by atoms with Crippen LogP contribution < -0.4 is 15.6 Å². The Morgan fingerprint density at radius 3 is 2.62 bits per heavy atom. The molecule has 1 fully saturated rings. The minimum atomic E-state index is -0.369. The smallest absolute Gasteiger partial charge is 0.322 e. The van der Waals surface area contributed by atoms with Gasteiger partial charge in [-0.05, 0) is 74.5 Å². The van der Waals surface area contributed by atoms with Crippen molar-refractivity contribution < 1.29 is 13.9 Å². The predicted molar refractivity (Wildman–Crippen MR) is 123 cm³/mol. The van der Waals surface area contributed by atoms with Crippen molar-refractivity contribution in [2.24, 2.45) is 0 Å². The van der Waals surface area contributed by atoms with Gasteiger partial charge in [0.15, 0.2) is 0 Å². The van der Waals surface area contributed by atoms with E-state index < -0.39 is 0 Å². The number of halogens is 1. The van der Waals surface area contributed by atoms with Gasteiger partial charge in [-0.1, -0.05) is 0 Å². The van der Waals surface area contributed by atoms with Gasteiger partial charge >= 0.3 is 6.03 Å². The molecule has 0 atom stereocenters. The molecule has 0 aliphatic carbocycles. The summed E-state index contributed by atoms with van der Waals surface area (Å²) < 4.78 is 18.5. The van der Waals surface area contributed by atoms with E-state index in [1.807, 2.05) is 6.07 Å². The monoisotopic (exact) mass is 438 g/mol. The number of urea groups is 1. The van der Waals surface area contributed by atoms with Crippen LogP contribution in [0, 0.1) is 5.82 Å². The van der Waals surface area contributed by atoms with E-state index in [1.54, 1.807) is 30.2 Å². The van der Waals surface area contributed by atoms with E-state index in [-0.39, 0.29) is 24.0 Å². The first-order valence-corrected chi connectivity index (χ1v) is 10.8. The van der Waals surface area contributed by atoms with Gasteiger partial charge in [0.1, 0.15) is 11.6 Å². The van der Waals surface area contributed by atoms with E-state index in [4.69, 9.17) is 4.74 Å². The summed E-state index contributed by atoms with van der Waals surface area (Å²) in [5, 5.41) is 3.64. The number of H-pyrrole nitrogens is 1. The molecule has 3 aromatic rings. The highest BCUT2D eigenvalue weighted by molar-refractivity contribution is 5.89. The van der Waals surface area contributed by atoms with E-state index >= 15 is 0 Å². The number of likely N-dealkylation sites (tertiary alicyclic amines) is 1. The Morgan fingerprint density at radius 1 is 1.16 bits per heavy atom. The predicted octanol–water partition coefficient (Wildman–Crippen LogP) is 3.81. The number of benzene rings is 2. The van der Waals surface area contributed by atoms with Crippen molar-refractivity contribution >= 4 is 22.6 Å². The number of anilines is 1. The zero-order valence-corrected chi connectivity index (χ0v) is 18.1. The van der Waals surface area contributed by atoms with Gasteiger partial charge < -0.3 is 24.8 Å². The van der Waals surface area contributed by atoms with E-state index in [2.05, 4.69) is 15.2 Å². The first-order chi connectivity index (χ1) is 15.5. The van der Waals surface area contributed by atoms with Crippen LogP contribution in [0.5, 0.6) is 5.75 Å². The first-order valence-electron chi connectivity index (χ1n) is 10.8. The van der Waals surface area contributed by atoms with Crippen molar-refractivity contribution in [3.05, 3.63) is 70.3 Å². The summed E-state index contributed by atoms with van der Waals surface area (Å²) >= 11 is 0. The first kappa shape index (κ1) is 21.8. The summed E-state index contributed by atoms with van der Waals surface area (Å²) in [6.45, 7) is 3.40. The summed E-state index contributed by atoms with van der Waals surface area (Å²) in [5.74, 6) is 0.322. The highest BCUT2D eigenvalue weighted by Crippen LogP contribution is 2.20. The Hall–Kier alpha value is -3.39. The van der Waals surface area contributed by atoms with Crippen LogP contribution in [0.25, 0.3) is 10.9 Å². The summed E-state index contributed by atoms with van der Waals surface area (Å²) in [5.41, 5.74) is 1.46. The third kappa shape index (κ3) is 5.26. The largest absolute Gasteiger partial charge is 0.497 e. The molecule has 7 nitrogen and oxygen atoms in total. The van der Waals surface area contributed by atoms with Crippen LogP contribution in [0.1, 0.15) is 18.4 Å². The number of pyridine rings is 1. The van der Waals surface area contributed by atoms with Crippen molar-refractivity contribution in [1.82, 2.24) is 14.8 Å². The number of hydrogen-bond acceptors (Lipinski definition) is 4. The lowest BCUT2D eigenvalue weighted by Crippen LogP contribution is -2.41. The van der Waals surface area contributed by atoms with Gasteiger partial charge in [-0.15, -0.1) is 0 Å². The molecule has 1 aromatic heterocycles. The second kappa shape index (κ2) is 9.82. The SMILES string of the molecule is COc1ccc2[nH]c(=O)c(CN(CCN3CCCC3)C(=O)Nc3ccc(F)cc3)cc2c1. The van der Waals surface area contributed by atoms with Crippen LogP contribution >= 0.6 is 0 Å². The number of nitrogens with one attached hydrogen (secondary N) is 2. The van der Waals surface area contributed by atoms with Crippen LogP contribution in [0.3, 0.4) is 0 Å². The molecule has 168 valence electrons. The van der Waals surface area contributed by atoms with Crippen molar-refractivity contribution in [1.29, 1.82) is 0 Å². The molecule has 8 heteroatoms.